The number of H-pyrrole nitrogens is 1. The van der Waals surface area contributed by atoms with Crippen molar-refractivity contribution in [1.82, 2.24) is 25.7 Å². The van der Waals surface area contributed by atoms with Crippen LogP contribution in [-0.2, 0) is 17.6 Å². The van der Waals surface area contributed by atoms with Gasteiger partial charge in [-0.15, -0.1) is 0 Å². The van der Waals surface area contributed by atoms with Crippen molar-refractivity contribution in [3.05, 3.63) is 105 Å². The fourth-order valence-corrected chi connectivity index (χ4v) is 4.25. The normalized spacial score (nSPS) is 15.6. The summed E-state index contributed by atoms with van der Waals surface area (Å²) in [7, 11) is 0. The van der Waals surface area contributed by atoms with E-state index in [0.717, 1.165) is 16.7 Å². The summed E-state index contributed by atoms with van der Waals surface area (Å²) in [6, 6.07) is 16.1. The molecular formula is C26H23ClN6O2. The molecular weight excluding hydrogens is 464 g/mol. The minimum Gasteiger partial charge on any atom is -0.346 e. The van der Waals surface area contributed by atoms with Gasteiger partial charge in [-0.25, -0.2) is 4.98 Å². The number of hydrogen-bond donors (Lipinski definition) is 3. The Bertz CT molecular complexity index is 1440. The first kappa shape index (κ1) is 22.7. The highest BCUT2D eigenvalue weighted by Crippen LogP contribution is 2.22. The van der Waals surface area contributed by atoms with Crippen molar-refractivity contribution in [2.45, 2.75) is 24.8 Å². The van der Waals surface area contributed by atoms with Gasteiger partial charge in [0.1, 0.15) is 5.82 Å². The molecule has 35 heavy (non-hydrogen) atoms. The predicted molar refractivity (Wildman–Crippen MR) is 136 cm³/mol. The first-order chi connectivity index (χ1) is 17.0. The summed E-state index contributed by atoms with van der Waals surface area (Å²) >= 11 is 6.04. The number of amides is 1. The second kappa shape index (κ2) is 10.1. The van der Waals surface area contributed by atoms with Gasteiger partial charge in [-0.3, -0.25) is 14.6 Å². The van der Waals surface area contributed by atoms with E-state index in [-0.39, 0.29) is 23.8 Å². The molecule has 0 fully saturated rings. The van der Waals surface area contributed by atoms with Crippen molar-refractivity contribution in [2.24, 2.45) is 5.10 Å². The number of nitrogens with zero attached hydrogens (tertiary/aromatic N) is 3. The topological polar surface area (TPSA) is 112 Å². The molecule has 5 rings (SSSR count). The van der Waals surface area contributed by atoms with Crippen molar-refractivity contribution < 1.29 is 4.79 Å². The van der Waals surface area contributed by atoms with Crippen LogP contribution in [0.1, 0.15) is 34.5 Å². The SMILES string of the molecule is O=C(Cc1cccnc1)N[C@H](Cc1ccc(Cl)cc1)c1nc2ccc(C3C=NNC3)cc2c(=O)[nH]1. The third kappa shape index (κ3) is 5.38. The third-order valence-electron chi connectivity index (χ3n) is 5.94. The van der Waals surface area contributed by atoms with Gasteiger partial charge in [0, 0.05) is 36.1 Å². The van der Waals surface area contributed by atoms with Crippen LogP contribution in [0.3, 0.4) is 0 Å². The summed E-state index contributed by atoms with van der Waals surface area (Å²) in [4.78, 5) is 37.6. The molecule has 1 amide bonds. The molecule has 1 aliphatic heterocycles. The predicted octanol–water partition coefficient (Wildman–Crippen LogP) is 3.29. The zero-order valence-electron chi connectivity index (χ0n) is 18.7. The number of fused-ring (bicyclic) bond motifs is 1. The largest absolute Gasteiger partial charge is 0.346 e. The summed E-state index contributed by atoms with van der Waals surface area (Å²) < 4.78 is 0. The first-order valence-electron chi connectivity index (χ1n) is 11.3. The average molecular weight is 487 g/mol. The molecule has 0 spiro atoms. The lowest BCUT2D eigenvalue weighted by Gasteiger charge is -2.19. The van der Waals surface area contributed by atoms with Gasteiger partial charge in [0.15, 0.2) is 0 Å². The number of halogens is 1. The van der Waals surface area contributed by atoms with Gasteiger partial charge in [0.05, 0.1) is 23.4 Å². The molecule has 0 bridgehead atoms. The van der Waals surface area contributed by atoms with Gasteiger partial charge in [-0.2, -0.15) is 5.10 Å². The quantitative estimate of drug-likeness (QED) is 0.371. The van der Waals surface area contributed by atoms with E-state index in [1.54, 1.807) is 30.6 Å². The highest BCUT2D eigenvalue weighted by Gasteiger charge is 2.20. The molecule has 4 aromatic rings. The number of nitrogens with one attached hydrogen (secondary N) is 3. The van der Waals surface area contributed by atoms with Crippen molar-refractivity contribution in [2.75, 3.05) is 6.54 Å². The Morgan fingerprint density at radius 1 is 1.14 bits per heavy atom. The van der Waals surface area contributed by atoms with Crippen molar-refractivity contribution >= 4 is 34.6 Å². The van der Waals surface area contributed by atoms with Crippen molar-refractivity contribution in [3.63, 3.8) is 0 Å². The van der Waals surface area contributed by atoms with E-state index in [4.69, 9.17) is 16.6 Å². The fraction of sp³-hybridized carbons (Fsp3) is 0.192. The second-order valence-corrected chi connectivity index (χ2v) is 8.90. The van der Waals surface area contributed by atoms with E-state index in [1.165, 1.54) is 0 Å². The summed E-state index contributed by atoms with van der Waals surface area (Å²) in [5.41, 5.74) is 5.99. The standard InChI is InChI=1S/C26H23ClN6O2/c27-20-6-3-16(4-7-20)10-23(31-24(34)11-17-2-1-9-28-13-17)25-32-22-8-5-18(19-14-29-30-15-19)12-21(22)26(35)33-25/h1-9,12-14,19,23,30H,10-11,15H2,(H,31,34)(H,32,33,35)/t19?,23-/m1/s1. The van der Waals surface area contributed by atoms with Crippen LogP contribution < -0.4 is 16.3 Å². The van der Waals surface area contributed by atoms with Crippen LogP contribution in [0.2, 0.25) is 5.02 Å². The van der Waals surface area contributed by atoms with Crippen molar-refractivity contribution in [3.8, 4) is 0 Å². The molecule has 0 aliphatic carbocycles. The maximum absolute atomic E-state index is 13.1. The zero-order chi connectivity index (χ0) is 24.2. The van der Waals surface area contributed by atoms with Crippen LogP contribution in [0.5, 0.6) is 0 Å². The van der Waals surface area contributed by atoms with Gasteiger partial charge in [-0.05, 0) is 53.4 Å². The van der Waals surface area contributed by atoms with E-state index < -0.39 is 6.04 Å². The van der Waals surface area contributed by atoms with Crippen LogP contribution in [-0.4, -0.2) is 33.6 Å². The van der Waals surface area contributed by atoms with E-state index in [2.05, 4.69) is 25.8 Å². The Labute approximate surface area is 206 Å². The van der Waals surface area contributed by atoms with E-state index >= 15 is 0 Å². The molecule has 176 valence electrons. The Balaban J connectivity index is 1.46. The summed E-state index contributed by atoms with van der Waals surface area (Å²) in [6.45, 7) is 0.695. The molecule has 2 aromatic carbocycles. The molecule has 3 N–H and O–H groups in total. The first-order valence-corrected chi connectivity index (χ1v) is 11.7. The number of hydrogen-bond acceptors (Lipinski definition) is 6. The number of carbonyl (C=O) groups excluding carboxylic acids is 1. The molecule has 0 saturated carbocycles. The smallest absolute Gasteiger partial charge is 0.258 e. The second-order valence-electron chi connectivity index (χ2n) is 8.46. The van der Waals surface area contributed by atoms with Gasteiger partial charge in [0.2, 0.25) is 5.91 Å². The van der Waals surface area contributed by atoms with Gasteiger partial charge in [0.25, 0.3) is 5.56 Å². The minimum absolute atomic E-state index is 0.114. The lowest BCUT2D eigenvalue weighted by atomic mass is 9.99. The van der Waals surface area contributed by atoms with E-state index in [1.807, 2.05) is 42.6 Å². The Morgan fingerprint density at radius 2 is 2.00 bits per heavy atom. The van der Waals surface area contributed by atoms with Crippen LogP contribution >= 0.6 is 11.6 Å². The Kier molecular flexibility index (Phi) is 6.54. The minimum atomic E-state index is -0.539. The lowest BCUT2D eigenvalue weighted by molar-refractivity contribution is -0.121. The maximum atomic E-state index is 13.1. The molecule has 9 heteroatoms. The summed E-state index contributed by atoms with van der Waals surface area (Å²) in [5, 5.41) is 8.21. The maximum Gasteiger partial charge on any atom is 0.258 e. The van der Waals surface area contributed by atoms with Crippen LogP contribution in [0.25, 0.3) is 10.9 Å². The van der Waals surface area contributed by atoms with Gasteiger partial charge >= 0.3 is 0 Å². The molecule has 0 saturated heterocycles. The van der Waals surface area contributed by atoms with Crippen molar-refractivity contribution in [1.29, 1.82) is 0 Å². The monoisotopic (exact) mass is 486 g/mol. The molecule has 0 radical (unpaired) electrons. The average Bonchev–Trinajstić information content (AvgIpc) is 3.40. The Hall–Kier alpha value is -4.04. The third-order valence-corrected chi connectivity index (χ3v) is 6.19. The van der Waals surface area contributed by atoms with E-state index in [9.17, 15) is 9.59 Å². The highest BCUT2D eigenvalue weighted by molar-refractivity contribution is 6.30. The number of carbonyl (C=O) groups is 1. The molecule has 3 heterocycles. The molecule has 2 aromatic heterocycles. The van der Waals surface area contributed by atoms with E-state index in [0.29, 0.717) is 34.7 Å². The summed E-state index contributed by atoms with van der Waals surface area (Å²) in [6.07, 6.45) is 5.76. The lowest BCUT2D eigenvalue weighted by Crippen LogP contribution is -2.33. The molecule has 1 aliphatic rings. The molecule has 8 nitrogen and oxygen atoms in total. The number of aromatic nitrogens is 3. The number of pyridine rings is 1. The molecule has 1 unspecified atom stereocenters. The zero-order valence-corrected chi connectivity index (χ0v) is 19.5. The van der Waals surface area contributed by atoms with Gasteiger partial charge < -0.3 is 15.7 Å². The van der Waals surface area contributed by atoms with Gasteiger partial charge in [-0.1, -0.05) is 35.9 Å². The highest BCUT2D eigenvalue weighted by atomic mass is 35.5. The number of aromatic amines is 1. The fourth-order valence-electron chi connectivity index (χ4n) is 4.13. The molecule has 2 atom stereocenters. The number of rotatable bonds is 7. The number of benzene rings is 2. The van der Waals surface area contributed by atoms with Crippen LogP contribution in [0.4, 0.5) is 0 Å². The Morgan fingerprint density at radius 3 is 2.74 bits per heavy atom. The van der Waals surface area contributed by atoms with Crippen LogP contribution in [0, 0.1) is 0 Å². The number of hydrazone groups is 1. The summed E-state index contributed by atoms with van der Waals surface area (Å²) in [5.74, 6) is 0.319. The van der Waals surface area contributed by atoms with Crippen LogP contribution in [0.15, 0.2) is 76.9 Å².